The van der Waals surface area contributed by atoms with E-state index in [1.54, 1.807) is 30.3 Å². The smallest absolute Gasteiger partial charge is 0.271 e. The maximum atomic E-state index is 12.0. The first-order chi connectivity index (χ1) is 11.0. The molecule has 0 fully saturated rings. The van der Waals surface area contributed by atoms with E-state index in [1.807, 2.05) is 0 Å². The van der Waals surface area contributed by atoms with Gasteiger partial charge in [-0.25, -0.2) is 5.43 Å². The van der Waals surface area contributed by atoms with Crippen molar-refractivity contribution in [3.05, 3.63) is 52.5 Å². The van der Waals surface area contributed by atoms with Gasteiger partial charge in [0, 0.05) is 5.56 Å². The summed E-state index contributed by atoms with van der Waals surface area (Å²) in [5.74, 6) is 0.276. The Morgan fingerprint density at radius 1 is 1.26 bits per heavy atom. The number of methoxy groups -OCH3 is 2. The zero-order valence-electron chi connectivity index (χ0n) is 12.5. The fourth-order valence-electron chi connectivity index (χ4n) is 1.82. The van der Waals surface area contributed by atoms with Gasteiger partial charge >= 0.3 is 0 Å². The van der Waals surface area contributed by atoms with Crippen LogP contribution in [0.3, 0.4) is 0 Å². The van der Waals surface area contributed by atoms with Gasteiger partial charge in [0.25, 0.3) is 5.91 Å². The first-order valence-electron chi connectivity index (χ1n) is 6.59. The molecule has 0 atom stereocenters. The zero-order chi connectivity index (χ0) is 16.8. The maximum Gasteiger partial charge on any atom is 0.271 e. The van der Waals surface area contributed by atoms with Gasteiger partial charge in [-0.1, -0.05) is 17.7 Å². The molecule has 23 heavy (non-hydrogen) atoms. The number of ether oxygens (including phenoxy) is 2. The van der Waals surface area contributed by atoms with Crippen LogP contribution in [0.5, 0.6) is 17.2 Å². The van der Waals surface area contributed by atoms with Crippen LogP contribution in [0.25, 0.3) is 0 Å². The average molecular weight is 335 g/mol. The van der Waals surface area contributed by atoms with Crippen molar-refractivity contribution in [3.8, 4) is 17.2 Å². The van der Waals surface area contributed by atoms with Gasteiger partial charge in [0.15, 0.2) is 11.5 Å². The number of benzene rings is 2. The highest BCUT2D eigenvalue weighted by molar-refractivity contribution is 6.32. The minimum atomic E-state index is -0.378. The lowest BCUT2D eigenvalue weighted by molar-refractivity contribution is 0.0955. The molecule has 6 nitrogen and oxygen atoms in total. The minimum Gasteiger partial charge on any atom is -0.503 e. The van der Waals surface area contributed by atoms with Crippen LogP contribution in [0.1, 0.15) is 15.9 Å². The third kappa shape index (κ3) is 4.14. The highest BCUT2D eigenvalue weighted by Crippen LogP contribution is 2.34. The Bertz CT molecular complexity index is 747. The third-order valence-electron chi connectivity index (χ3n) is 2.98. The molecule has 2 aromatic rings. The summed E-state index contributed by atoms with van der Waals surface area (Å²) in [6, 6.07) is 9.75. The quantitative estimate of drug-likeness (QED) is 0.651. The molecule has 1 amide bonds. The van der Waals surface area contributed by atoms with E-state index >= 15 is 0 Å². The van der Waals surface area contributed by atoms with Gasteiger partial charge in [-0.3, -0.25) is 4.79 Å². The van der Waals surface area contributed by atoms with Crippen LogP contribution >= 0.6 is 11.6 Å². The van der Waals surface area contributed by atoms with E-state index in [4.69, 9.17) is 21.1 Å². The van der Waals surface area contributed by atoms with Crippen LogP contribution in [-0.4, -0.2) is 31.4 Å². The highest BCUT2D eigenvalue weighted by atomic mass is 35.5. The number of aromatic hydroxyl groups is 1. The number of carbonyl (C=O) groups excluding carboxylic acids is 1. The van der Waals surface area contributed by atoms with Crippen LogP contribution in [0.2, 0.25) is 5.02 Å². The first-order valence-corrected chi connectivity index (χ1v) is 6.97. The lowest BCUT2D eigenvalue weighted by atomic mass is 10.2. The van der Waals surface area contributed by atoms with Crippen molar-refractivity contribution in [1.82, 2.24) is 5.43 Å². The van der Waals surface area contributed by atoms with Crippen LogP contribution < -0.4 is 14.9 Å². The van der Waals surface area contributed by atoms with E-state index in [9.17, 15) is 9.90 Å². The van der Waals surface area contributed by atoms with Gasteiger partial charge in [-0.05, 0) is 35.9 Å². The number of hydrogen-bond donors (Lipinski definition) is 2. The van der Waals surface area contributed by atoms with E-state index < -0.39 is 0 Å². The van der Waals surface area contributed by atoms with Crippen molar-refractivity contribution in [2.75, 3.05) is 14.2 Å². The van der Waals surface area contributed by atoms with Crippen LogP contribution in [0, 0.1) is 0 Å². The molecule has 0 aliphatic heterocycles. The molecule has 0 saturated heterocycles. The summed E-state index contributed by atoms with van der Waals surface area (Å²) >= 11 is 5.88. The summed E-state index contributed by atoms with van der Waals surface area (Å²) in [4.78, 5) is 12.0. The Hall–Kier alpha value is -2.73. The number of halogens is 1. The van der Waals surface area contributed by atoms with E-state index in [1.165, 1.54) is 26.5 Å². The molecule has 0 aliphatic rings. The molecule has 0 aliphatic carbocycles. The van der Waals surface area contributed by atoms with Crippen molar-refractivity contribution >= 4 is 23.7 Å². The number of phenols is 1. The fraction of sp³-hybridized carbons (Fsp3) is 0.125. The molecule has 2 N–H and O–H groups in total. The number of hydrazone groups is 1. The van der Waals surface area contributed by atoms with Crippen LogP contribution in [-0.2, 0) is 0 Å². The largest absolute Gasteiger partial charge is 0.503 e. The molecule has 2 rings (SSSR count). The minimum absolute atomic E-state index is 0.130. The Morgan fingerprint density at radius 2 is 2.04 bits per heavy atom. The Balaban J connectivity index is 2.09. The van der Waals surface area contributed by atoms with Crippen molar-refractivity contribution in [1.29, 1.82) is 0 Å². The molecular weight excluding hydrogens is 320 g/mol. The van der Waals surface area contributed by atoms with Crippen molar-refractivity contribution < 1.29 is 19.4 Å². The Labute approximate surface area is 138 Å². The normalized spacial score (nSPS) is 10.6. The predicted molar refractivity (Wildman–Crippen MR) is 87.7 cm³/mol. The van der Waals surface area contributed by atoms with Crippen molar-refractivity contribution in [2.45, 2.75) is 0 Å². The molecule has 0 aromatic heterocycles. The Morgan fingerprint density at radius 3 is 2.74 bits per heavy atom. The number of hydrogen-bond acceptors (Lipinski definition) is 5. The lowest BCUT2D eigenvalue weighted by Crippen LogP contribution is -2.17. The fourth-order valence-corrected chi connectivity index (χ4v) is 2.04. The summed E-state index contributed by atoms with van der Waals surface area (Å²) < 4.78 is 10.0. The molecule has 0 heterocycles. The molecule has 2 aromatic carbocycles. The molecule has 0 spiro atoms. The molecule has 0 unspecified atom stereocenters. The van der Waals surface area contributed by atoms with Crippen molar-refractivity contribution in [2.24, 2.45) is 5.10 Å². The zero-order valence-corrected chi connectivity index (χ0v) is 13.3. The molecule has 7 heteroatoms. The summed E-state index contributed by atoms with van der Waals surface area (Å²) in [5, 5.41) is 13.6. The van der Waals surface area contributed by atoms with Gasteiger partial charge in [-0.15, -0.1) is 0 Å². The van der Waals surface area contributed by atoms with E-state index in [0.717, 1.165) is 0 Å². The number of phenolic OH excluding ortho intramolecular Hbond substituents is 1. The van der Waals surface area contributed by atoms with E-state index in [-0.39, 0.29) is 22.4 Å². The monoisotopic (exact) mass is 334 g/mol. The van der Waals surface area contributed by atoms with E-state index in [0.29, 0.717) is 16.9 Å². The second-order valence-corrected chi connectivity index (χ2v) is 4.89. The second-order valence-electron chi connectivity index (χ2n) is 4.48. The Kier molecular flexibility index (Phi) is 5.43. The highest BCUT2D eigenvalue weighted by Gasteiger charge is 2.08. The SMILES string of the molecule is COc1cccc(C(=O)N/N=C\c2cc(Cl)c(O)c(OC)c2)c1. The van der Waals surface area contributed by atoms with Crippen LogP contribution in [0.4, 0.5) is 0 Å². The van der Waals surface area contributed by atoms with Gasteiger partial charge < -0.3 is 14.6 Å². The predicted octanol–water partition coefficient (Wildman–Crippen LogP) is 2.83. The molecule has 120 valence electrons. The number of carbonyl (C=O) groups is 1. The number of nitrogens with zero attached hydrogens (tertiary/aromatic N) is 1. The molecule has 0 saturated carbocycles. The number of rotatable bonds is 5. The second kappa shape index (κ2) is 7.51. The van der Waals surface area contributed by atoms with E-state index in [2.05, 4.69) is 10.5 Å². The molecule has 0 radical (unpaired) electrons. The maximum absolute atomic E-state index is 12.0. The van der Waals surface area contributed by atoms with Crippen LogP contribution in [0.15, 0.2) is 41.5 Å². The standard InChI is InChI=1S/C16H15ClN2O4/c1-22-12-5-3-4-11(8-12)16(21)19-18-9-10-6-13(17)15(20)14(7-10)23-2/h3-9,20H,1-2H3,(H,19,21)/b18-9-. The first kappa shape index (κ1) is 16.6. The molecule has 0 bridgehead atoms. The lowest BCUT2D eigenvalue weighted by Gasteiger charge is -2.06. The summed E-state index contributed by atoms with van der Waals surface area (Å²) in [6.45, 7) is 0. The van der Waals surface area contributed by atoms with Gasteiger partial charge in [-0.2, -0.15) is 5.10 Å². The van der Waals surface area contributed by atoms with Gasteiger partial charge in [0.05, 0.1) is 25.5 Å². The van der Waals surface area contributed by atoms with Crippen molar-refractivity contribution in [3.63, 3.8) is 0 Å². The van der Waals surface area contributed by atoms with Gasteiger partial charge in [0.2, 0.25) is 0 Å². The summed E-state index contributed by atoms with van der Waals surface area (Å²) in [7, 11) is 2.94. The number of amides is 1. The molecular formula is C16H15ClN2O4. The number of nitrogens with one attached hydrogen (secondary N) is 1. The average Bonchev–Trinajstić information content (AvgIpc) is 2.57. The topological polar surface area (TPSA) is 80.2 Å². The summed E-state index contributed by atoms with van der Waals surface area (Å²) in [5.41, 5.74) is 3.38. The van der Waals surface area contributed by atoms with Gasteiger partial charge in [0.1, 0.15) is 5.75 Å². The third-order valence-corrected chi connectivity index (χ3v) is 3.27. The summed E-state index contributed by atoms with van der Waals surface area (Å²) in [6.07, 6.45) is 1.39.